The van der Waals surface area contributed by atoms with E-state index in [2.05, 4.69) is 10.4 Å². The molecule has 1 saturated carbocycles. The van der Waals surface area contributed by atoms with Gasteiger partial charge < -0.3 is 15.1 Å². The molecule has 2 amide bonds. The molecule has 1 aliphatic carbocycles. The Morgan fingerprint density at radius 1 is 1.07 bits per heavy atom. The third-order valence-corrected chi connectivity index (χ3v) is 6.78. The summed E-state index contributed by atoms with van der Waals surface area (Å²) in [7, 11) is 1.91. The van der Waals surface area contributed by atoms with E-state index in [1.165, 1.54) is 25.7 Å². The Labute approximate surface area is 167 Å². The predicted molar refractivity (Wildman–Crippen MR) is 107 cm³/mol. The fourth-order valence-corrected chi connectivity index (χ4v) is 5.13. The minimum Gasteiger partial charge on any atom is -0.341 e. The first kappa shape index (κ1) is 19.4. The lowest BCUT2D eigenvalue weighted by Crippen LogP contribution is -2.41. The summed E-state index contributed by atoms with van der Waals surface area (Å²) in [5.74, 6) is 1.24. The molecule has 1 N–H and O–H groups in total. The van der Waals surface area contributed by atoms with Gasteiger partial charge in [-0.25, -0.2) is 0 Å². The van der Waals surface area contributed by atoms with Crippen molar-refractivity contribution in [1.29, 1.82) is 0 Å². The number of rotatable bonds is 4. The van der Waals surface area contributed by atoms with Gasteiger partial charge in [0, 0.05) is 64.9 Å². The van der Waals surface area contributed by atoms with Gasteiger partial charge in [-0.3, -0.25) is 14.3 Å². The number of hydrogen-bond acceptors (Lipinski definition) is 4. The van der Waals surface area contributed by atoms with Gasteiger partial charge in [-0.05, 0) is 30.7 Å². The fraction of sp³-hybridized carbons (Fsp3) is 0.762. The average Bonchev–Trinajstić information content (AvgIpc) is 3.41. The minimum atomic E-state index is -0.0371. The number of nitrogens with zero attached hydrogens (tertiary/aromatic N) is 4. The van der Waals surface area contributed by atoms with Crippen molar-refractivity contribution in [2.45, 2.75) is 44.4 Å². The lowest BCUT2D eigenvalue weighted by atomic mass is 9.89. The van der Waals surface area contributed by atoms with Crippen LogP contribution in [0.4, 0.5) is 0 Å². The van der Waals surface area contributed by atoms with Crippen molar-refractivity contribution in [3.05, 3.63) is 18.0 Å². The molecule has 0 aromatic carbocycles. The van der Waals surface area contributed by atoms with Crippen LogP contribution in [0, 0.1) is 11.8 Å². The SMILES string of the molecule is Cn1cc([C@H]2CNC[C@@H]2C(=O)N2CCCN(C(=O)CC3CCCC3)CC2)cn1. The normalized spacial score (nSPS) is 26.6. The Morgan fingerprint density at radius 2 is 1.82 bits per heavy atom. The summed E-state index contributed by atoms with van der Waals surface area (Å²) in [5, 5.41) is 7.66. The number of aryl methyl sites for hydroxylation is 1. The summed E-state index contributed by atoms with van der Waals surface area (Å²) >= 11 is 0. The molecule has 0 bridgehead atoms. The molecule has 2 saturated heterocycles. The van der Waals surface area contributed by atoms with Crippen LogP contribution in [0.3, 0.4) is 0 Å². The van der Waals surface area contributed by atoms with Crippen LogP contribution in [0.1, 0.15) is 50.0 Å². The third-order valence-electron chi connectivity index (χ3n) is 6.78. The molecule has 1 aromatic heterocycles. The van der Waals surface area contributed by atoms with Crippen molar-refractivity contribution in [1.82, 2.24) is 24.9 Å². The Kier molecular flexibility index (Phi) is 5.99. The predicted octanol–water partition coefficient (Wildman–Crippen LogP) is 1.36. The van der Waals surface area contributed by atoms with Crippen molar-refractivity contribution in [2.75, 3.05) is 39.3 Å². The highest BCUT2D eigenvalue weighted by Gasteiger charge is 2.37. The molecule has 3 aliphatic rings. The van der Waals surface area contributed by atoms with E-state index in [0.717, 1.165) is 38.2 Å². The Balaban J connectivity index is 1.34. The Bertz CT molecular complexity index is 697. The molecule has 154 valence electrons. The highest BCUT2D eigenvalue weighted by molar-refractivity contribution is 5.81. The standard InChI is InChI=1S/C21H33N5O2/c1-24-15-17(12-23-24)18-13-22-14-19(18)21(28)26-8-4-7-25(9-10-26)20(27)11-16-5-2-3-6-16/h12,15-16,18-19,22H,2-11,13-14H2,1H3/t18-,19+/m1/s1. The van der Waals surface area contributed by atoms with Crippen LogP contribution in [0.2, 0.25) is 0 Å². The summed E-state index contributed by atoms with van der Waals surface area (Å²) in [4.78, 5) is 29.9. The molecule has 3 heterocycles. The topological polar surface area (TPSA) is 70.5 Å². The molecule has 7 heteroatoms. The van der Waals surface area contributed by atoms with Gasteiger partial charge in [0.1, 0.15) is 0 Å². The van der Waals surface area contributed by atoms with E-state index in [-0.39, 0.29) is 23.7 Å². The lowest BCUT2D eigenvalue weighted by molar-refractivity contribution is -0.136. The van der Waals surface area contributed by atoms with Crippen LogP contribution in [0.15, 0.2) is 12.4 Å². The lowest BCUT2D eigenvalue weighted by Gasteiger charge is -2.27. The number of nitrogens with one attached hydrogen (secondary N) is 1. The maximum atomic E-state index is 13.3. The van der Waals surface area contributed by atoms with Gasteiger partial charge in [0.25, 0.3) is 0 Å². The van der Waals surface area contributed by atoms with E-state index in [1.54, 1.807) is 4.68 Å². The van der Waals surface area contributed by atoms with Crippen LogP contribution in [-0.4, -0.2) is 70.7 Å². The van der Waals surface area contributed by atoms with E-state index < -0.39 is 0 Å². The molecule has 4 rings (SSSR count). The zero-order valence-electron chi connectivity index (χ0n) is 17.0. The van der Waals surface area contributed by atoms with Crippen molar-refractivity contribution >= 4 is 11.8 Å². The van der Waals surface area contributed by atoms with Gasteiger partial charge >= 0.3 is 0 Å². The second-order valence-corrected chi connectivity index (χ2v) is 8.73. The second kappa shape index (κ2) is 8.64. The molecule has 3 fully saturated rings. The quantitative estimate of drug-likeness (QED) is 0.847. The number of aromatic nitrogens is 2. The van der Waals surface area contributed by atoms with Gasteiger partial charge in [-0.1, -0.05) is 12.8 Å². The maximum absolute atomic E-state index is 13.3. The molecule has 0 spiro atoms. The highest BCUT2D eigenvalue weighted by atomic mass is 16.2. The van der Waals surface area contributed by atoms with Crippen LogP contribution in [0.25, 0.3) is 0 Å². The maximum Gasteiger partial charge on any atom is 0.227 e. The molecular weight excluding hydrogens is 354 g/mol. The van der Waals surface area contributed by atoms with E-state index in [4.69, 9.17) is 0 Å². The van der Waals surface area contributed by atoms with E-state index in [0.29, 0.717) is 25.4 Å². The number of carbonyl (C=O) groups is 2. The molecule has 1 aromatic rings. The number of hydrogen-bond donors (Lipinski definition) is 1. The van der Waals surface area contributed by atoms with Crippen LogP contribution in [-0.2, 0) is 16.6 Å². The molecule has 28 heavy (non-hydrogen) atoms. The molecule has 0 radical (unpaired) electrons. The summed E-state index contributed by atoms with van der Waals surface area (Å²) in [5.41, 5.74) is 1.13. The molecule has 0 unspecified atom stereocenters. The van der Waals surface area contributed by atoms with Gasteiger partial charge in [0.05, 0.1) is 12.1 Å². The van der Waals surface area contributed by atoms with Gasteiger partial charge in [-0.2, -0.15) is 5.10 Å². The van der Waals surface area contributed by atoms with Crippen molar-refractivity contribution in [3.63, 3.8) is 0 Å². The number of amides is 2. The molecular formula is C21H33N5O2. The Hall–Kier alpha value is -1.89. The van der Waals surface area contributed by atoms with E-state index >= 15 is 0 Å². The number of carbonyl (C=O) groups excluding carboxylic acids is 2. The van der Waals surface area contributed by atoms with Crippen molar-refractivity contribution in [3.8, 4) is 0 Å². The van der Waals surface area contributed by atoms with Crippen LogP contribution < -0.4 is 5.32 Å². The fourth-order valence-electron chi connectivity index (χ4n) is 5.13. The molecule has 2 atom stereocenters. The van der Waals surface area contributed by atoms with Crippen molar-refractivity contribution < 1.29 is 9.59 Å². The summed E-state index contributed by atoms with van der Waals surface area (Å²) in [6.07, 6.45) is 10.4. The largest absolute Gasteiger partial charge is 0.341 e. The second-order valence-electron chi connectivity index (χ2n) is 8.73. The van der Waals surface area contributed by atoms with Gasteiger partial charge in [-0.15, -0.1) is 0 Å². The molecule has 7 nitrogen and oxygen atoms in total. The summed E-state index contributed by atoms with van der Waals surface area (Å²) in [6.45, 7) is 4.41. The summed E-state index contributed by atoms with van der Waals surface area (Å²) < 4.78 is 1.80. The van der Waals surface area contributed by atoms with Crippen LogP contribution >= 0.6 is 0 Å². The van der Waals surface area contributed by atoms with Crippen molar-refractivity contribution in [2.24, 2.45) is 18.9 Å². The first-order valence-electron chi connectivity index (χ1n) is 10.9. The van der Waals surface area contributed by atoms with E-state index in [1.807, 2.05) is 29.2 Å². The summed E-state index contributed by atoms with van der Waals surface area (Å²) in [6, 6.07) is 0. The highest BCUT2D eigenvalue weighted by Crippen LogP contribution is 2.30. The third kappa shape index (κ3) is 4.24. The zero-order valence-corrected chi connectivity index (χ0v) is 17.0. The first-order valence-corrected chi connectivity index (χ1v) is 10.9. The van der Waals surface area contributed by atoms with E-state index in [9.17, 15) is 9.59 Å². The smallest absolute Gasteiger partial charge is 0.227 e. The zero-order chi connectivity index (χ0) is 19.5. The minimum absolute atomic E-state index is 0.0371. The van der Waals surface area contributed by atoms with Gasteiger partial charge in [0.2, 0.25) is 11.8 Å². The average molecular weight is 388 g/mol. The van der Waals surface area contributed by atoms with Crippen LogP contribution in [0.5, 0.6) is 0 Å². The van der Waals surface area contributed by atoms with Gasteiger partial charge in [0.15, 0.2) is 0 Å². The monoisotopic (exact) mass is 387 g/mol. The first-order chi connectivity index (χ1) is 13.6. The molecule has 2 aliphatic heterocycles. The Morgan fingerprint density at radius 3 is 2.57 bits per heavy atom.